The fourth-order valence-corrected chi connectivity index (χ4v) is 2.24. The molecule has 0 heterocycles. The predicted octanol–water partition coefficient (Wildman–Crippen LogP) is 4.55. The minimum absolute atomic E-state index is 0. The minimum atomic E-state index is 0. The minimum Gasteiger partial charge on any atom is -0.493 e. The SMILES string of the molecule is CCNC(=NCc1ccc(Cl)cc1)Nc1ccc(OC)c(OC)c1.I. The molecule has 0 aliphatic heterocycles. The number of guanidine groups is 1. The number of methoxy groups -OCH3 is 2. The molecule has 7 heteroatoms. The zero-order valence-corrected chi connectivity index (χ0v) is 17.6. The van der Waals surface area contributed by atoms with Crippen LogP contribution in [-0.4, -0.2) is 26.7 Å². The number of anilines is 1. The molecular weight excluding hydrogens is 453 g/mol. The van der Waals surface area contributed by atoms with E-state index in [-0.39, 0.29) is 24.0 Å². The summed E-state index contributed by atoms with van der Waals surface area (Å²) in [5.41, 5.74) is 1.95. The van der Waals surface area contributed by atoms with Crippen LogP contribution in [0.5, 0.6) is 11.5 Å². The molecule has 0 radical (unpaired) electrons. The smallest absolute Gasteiger partial charge is 0.196 e. The van der Waals surface area contributed by atoms with E-state index in [1.54, 1.807) is 14.2 Å². The third-order valence-electron chi connectivity index (χ3n) is 3.32. The molecule has 0 aliphatic carbocycles. The first kappa shape index (κ1) is 21.4. The molecule has 0 fully saturated rings. The lowest BCUT2D eigenvalue weighted by atomic mass is 10.2. The van der Waals surface area contributed by atoms with Crippen molar-refractivity contribution < 1.29 is 9.47 Å². The van der Waals surface area contributed by atoms with Gasteiger partial charge in [0.2, 0.25) is 0 Å². The van der Waals surface area contributed by atoms with Crippen molar-refractivity contribution in [2.45, 2.75) is 13.5 Å². The van der Waals surface area contributed by atoms with E-state index in [1.165, 1.54) is 0 Å². The summed E-state index contributed by atoms with van der Waals surface area (Å²) in [5, 5.41) is 7.20. The Kier molecular flexibility index (Phi) is 9.44. The molecule has 2 aromatic carbocycles. The highest BCUT2D eigenvalue weighted by molar-refractivity contribution is 14.0. The van der Waals surface area contributed by atoms with Crippen LogP contribution in [0.1, 0.15) is 12.5 Å². The topological polar surface area (TPSA) is 54.9 Å². The predicted molar refractivity (Wildman–Crippen MR) is 115 cm³/mol. The van der Waals surface area contributed by atoms with Crippen LogP contribution in [0.4, 0.5) is 5.69 Å². The van der Waals surface area contributed by atoms with Crippen molar-refractivity contribution in [3.05, 3.63) is 53.1 Å². The van der Waals surface area contributed by atoms with Crippen LogP contribution in [0, 0.1) is 0 Å². The molecule has 0 spiro atoms. The van der Waals surface area contributed by atoms with Crippen LogP contribution >= 0.6 is 35.6 Å². The first-order chi connectivity index (χ1) is 11.7. The number of aliphatic imine (C=N–C) groups is 1. The lowest BCUT2D eigenvalue weighted by Crippen LogP contribution is -2.30. The van der Waals surface area contributed by atoms with Crippen LogP contribution in [0.15, 0.2) is 47.5 Å². The van der Waals surface area contributed by atoms with Gasteiger partial charge in [-0.25, -0.2) is 4.99 Å². The summed E-state index contributed by atoms with van der Waals surface area (Å²) in [6.07, 6.45) is 0. The number of hydrogen-bond donors (Lipinski definition) is 2. The van der Waals surface area contributed by atoms with Gasteiger partial charge in [0.25, 0.3) is 0 Å². The molecule has 0 unspecified atom stereocenters. The standard InChI is InChI=1S/C18H22ClN3O2.HI/c1-4-20-18(21-12-13-5-7-14(19)8-6-13)22-15-9-10-16(23-2)17(11-15)24-3;/h5-11H,4,12H2,1-3H3,(H2,20,21,22);1H. The molecule has 25 heavy (non-hydrogen) atoms. The molecule has 136 valence electrons. The Morgan fingerprint density at radius 2 is 1.72 bits per heavy atom. The quantitative estimate of drug-likeness (QED) is 0.366. The van der Waals surface area contributed by atoms with Gasteiger partial charge in [0.05, 0.1) is 20.8 Å². The molecule has 0 atom stereocenters. The number of hydrogen-bond acceptors (Lipinski definition) is 3. The highest BCUT2D eigenvalue weighted by Crippen LogP contribution is 2.29. The molecular formula is C18H23ClIN3O2. The Morgan fingerprint density at radius 1 is 1.04 bits per heavy atom. The second-order valence-electron chi connectivity index (χ2n) is 5.02. The zero-order chi connectivity index (χ0) is 17.4. The van der Waals surface area contributed by atoms with E-state index in [1.807, 2.05) is 49.4 Å². The molecule has 2 rings (SSSR count). The monoisotopic (exact) mass is 475 g/mol. The van der Waals surface area contributed by atoms with E-state index < -0.39 is 0 Å². The van der Waals surface area contributed by atoms with Crippen molar-refractivity contribution in [2.75, 3.05) is 26.1 Å². The summed E-state index contributed by atoms with van der Waals surface area (Å²) < 4.78 is 10.6. The molecule has 5 nitrogen and oxygen atoms in total. The second-order valence-corrected chi connectivity index (χ2v) is 5.45. The molecule has 0 aliphatic rings. The summed E-state index contributed by atoms with van der Waals surface area (Å²) in [4.78, 5) is 4.59. The van der Waals surface area contributed by atoms with E-state index in [4.69, 9.17) is 21.1 Å². The Balaban J connectivity index is 0.00000312. The van der Waals surface area contributed by atoms with Gasteiger partial charge in [0.15, 0.2) is 17.5 Å². The Hall–Kier alpha value is -1.67. The van der Waals surface area contributed by atoms with Crippen LogP contribution in [0.25, 0.3) is 0 Å². The number of halogens is 2. The van der Waals surface area contributed by atoms with E-state index in [0.717, 1.165) is 22.8 Å². The normalized spacial score (nSPS) is 10.6. The van der Waals surface area contributed by atoms with E-state index >= 15 is 0 Å². The summed E-state index contributed by atoms with van der Waals surface area (Å²) >= 11 is 5.90. The van der Waals surface area contributed by atoms with Crippen molar-refractivity contribution in [2.24, 2.45) is 4.99 Å². The van der Waals surface area contributed by atoms with Gasteiger partial charge < -0.3 is 20.1 Å². The largest absolute Gasteiger partial charge is 0.493 e. The Bertz CT molecular complexity index is 693. The number of ether oxygens (including phenoxy) is 2. The van der Waals surface area contributed by atoms with Gasteiger partial charge in [-0.2, -0.15) is 0 Å². The second kappa shape index (κ2) is 11.0. The summed E-state index contributed by atoms with van der Waals surface area (Å²) in [7, 11) is 3.23. The van der Waals surface area contributed by atoms with Gasteiger partial charge in [0.1, 0.15) is 0 Å². The first-order valence-electron chi connectivity index (χ1n) is 7.68. The van der Waals surface area contributed by atoms with Gasteiger partial charge in [-0.15, -0.1) is 24.0 Å². The van der Waals surface area contributed by atoms with Crippen LogP contribution < -0.4 is 20.1 Å². The van der Waals surface area contributed by atoms with Crippen LogP contribution in [-0.2, 0) is 6.54 Å². The molecule has 0 amide bonds. The molecule has 0 saturated heterocycles. The number of benzene rings is 2. The van der Waals surface area contributed by atoms with Crippen LogP contribution in [0.2, 0.25) is 5.02 Å². The average molecular weight is 476 g/mol. The third kappa shape index (κ3) is 6.62. The summed E-state index contributed by atoms with van der Waals surface area (Å²) in [6.45, 7) is 3.34. The van der Waals surface area contributed by atoms with Gasteiger partial charge >= 0.3 is 0 Å². The maximum absolute atomic E-state index is 5.90. The van der Waals surface area contributed by atoms with E-state index in [9.17, 15) is 0 Å². The maximum atomic E-state index is 5.90. The summed E-state index contributed by atoms with van der Waals surface area (Å²) in [5.74, 6) is 2.04. The molecule has 0 bridgehead atoms. The van der Waals surface area contributed by atoms with Crippen molar-refractivity contribution >= 4 is 47.2 Å². The fraction of sp³-hybridized carbons (Fsp3) is 0.278. The lowest BCUT2D eigenvalue weighted by Gasteiger charge is -2.14. The highest BCUT2D eigenvalue weighted by atomic mass is 127. The number of nitrogens with one attached hydrogen (secondary N) is 2. The Labute approximate surface area is 170 Å². The summed E-state index contributed by atoms with van der Waals surface area (Å²) in [6, 6.07) is 13.3. The van der Waals surface area contributed by atoms with Crippen molar-refractivity contribution in [1.29, 1.82) is 0 Å². The van der Waals surface area contributed by atoms with Crippen molar-refractivity contribution in [1.82, 2.24) is 5.32 Å². The average Bonchev–Trinajstić information content (AvgIpc) is 2.61. The van der Waals surface area contributed by atoms with Gasteiger partial charge in [-0.05, 0) is 36.8 Å². The highest BCUT2D eigenvalue weighted by Gasteiger charge is 2.06. The molecule has 2 aromatic rings. The number of nitrogens with zero attached hydrogens (tertiary/aromatic N) is 1. The van der Waals surface area contributed by atoms with Crippen LogP contribution in [0.3, 0.4) is 0 Å². The van der Waals surface area contributed by atoms with Crippen molar-refractivity contribution in [3.63, 3.8) is 0 Å². The van der Waals surface area contributed by atoms with Crippen molar-refractivity contribution in [3.8, 4) is 11.5 Å². The van der Waals surface area contributed by atoms with Gasteiger partial charge in [-0.3, -0.25) is 0 Å². The van der Waals surface area contributed by atoms with E-state index in [2.05, 4.69) is 15.6 Å². The fourth-order valence-electron chi connectivity index (χ4n) is 2.12. The number of rotatable bonds is 6. The molecule has 0 aromatic heterocycles. The van der Waals surface area contributed by atoms with Gasteiger partial charge in [0, 0.05) is 23.3 Å². The third-order valence-corrected chi connectivity index (χ3v) is 3.58. The Morgan fingerprint density at radius 3 is 2.32 bits per heavy atom. The first-order valence-corrected chi connectivity index (χ1v) is 8.06. The lowest BCUT2D eigenvalue weighted by molar-refractivity contribution is 0.355. The zero-order valence-electron chi connectivity index (χ0n) is 14.5. The molecule has 0 saturated carbocycles. The maximum Gasteiger partial charge on any atom is 0.196 e. The molecule has 2 N–H and O–H groups in total. The van der Waals surface area contributed by atoms with Gasteiger partial charge in [-0.1, -0.05) is 23.7 Å². The van der Waals surface area contributed by atoms with E-state index in [0.29, 0.717) is 24.0 Å².